The molecule has 1 rings (SSSR count). The van der Waals surface area contributed by atoms with Crippen molar-refractivity contribution >= 4 is 5.71 Å². The first-order valence-corrected chi connectivity index (χ1v) is 4.72. The molecule has 0 aromatic rings. The number of ether oxygens (including phenoxy) is 1. The Hall–Kier alpha value is -1.22. The zero-order valence-corrected chi connectivity index (χ0v) is 8.47. The predicted molar refractivity (Wildman–Crippen MR) is 54.9 cm³/mol. The summed E-state index contributed by atoms with van der Waals surface area (Å²) in [6, 6.07) is 0.141. The van der Waals surface area contributed by atoms with Gasteiger partial charge in [0, 0.05) is 24.8 Å². The summed E-state index contributed by atoms with van der Waals surface area (Å²) in [5, 5.41) is 3.23. The lowest BCUT2D eigenvalue weighted by Gasteiger charge is -2.18. The number of nitrogens with zero attached hydrogens (tertiary/aromatic N) is 2. The van der Waals surface area contributed by atoms with Gasteiger partial charge in [0.1, 0.15) is 6.23 Å². The van der Waals surface area contributed by atoms with Crippen molar-refractivity contribution < 1.29 is 9.53 Å². The smallest absolute Gasteiger partial charge is 0.314 e. The van der Waals surface area contributed by atoms with Crippen molar-refractivity contribution in [2.45, 2.75) is 26.1 Å². The van der Waals surface area contributed by atoms with Crippen LogP contribution in [0.2, 0.25) is 0 Å². The highest BCUT2D eigenvalue weighted by molar-refractivity contribution is 6.00. The van der Waals surface area contributed by atoms with Crippen molar-refractivity contribution in [3.05, 3.63) is 29.8 Å². The Kier molecular flexibility index (Phi) is 4.26. The molecule has 0 saturated heterocycles. The molecule has 4 heteroatoms. The molecule has 14 heavy (non-hydrogen) atoms. The van der Waals surface area contributed by atoms with Crippen molar-refractivity contribution in [2.75, 3.05) is 6.61 Å². The van der Waals surface area contributed by atoms with E-state index in [1.807, 2.05) is 26.0 Å². The van der Waals surface area contributed by atoms with E-state index in [1.165, 1.54) is 0 Å². The van der Waals surface area contributed by atoms with Gasteiger partial charge < -0.3 is 10.3 Å². The first-order chi connectivity index (χ1) is 6.76. The van der Waals surface area contributed by atoms with E-state index in [4.69, 9.17) is 10.3 Å². The third-order valence-corrected chi connectivity index (χ3v) is 1.91. The second kappa shape index (κ2) is 5.50. The normalized spacial score (nSPS) is 22.1. The first kappa shape index (κ1) is 10.9. The second-order valence-electron chi connectivity index (χ2n) is 3.03. The predicted octanol–water partition coefficient (Wildman–Crippen LogP) is 1.12. The van der Waals surface area contributed by atoms with Gasteiger partial charge in [-0.3, -0.25) is 5.32 Å². The van der Waals surface area contributed by atoms with E-state index in [9.17, 15) is 0 Å². The molecular formula is C10H15N3O. The van der Waals surface area contributed by atoms with Crippen LogP contribution in [0, 0.1) is 0 Å². The maximum Gasteiger partial charge on any atom is 0.314 e. The molecule has 1 atom stereocenters. The van der Waals surface area contributed by atoms with Gasteiger partial charge >= 0.3 is 5.71 Å². The molecule has 0 saturated carbocycles. The molecular weight excluding hydrogens is 178 g/mol. The second-order valence-corrected chi connectivity index (χ2v) is 3.03. The molecule has 0 aliphatic heterocycles. The average molecular weight is 193 g/mol. The van der Waals surface area contributed by atoms with Crippen LogP contribution in [0.5, 0.6) is 0 Å². The van der Waals surface area contributed by atoms with Gasteiger partial charge in [0.25, 0.3) is 0 Å². The Morgan fingerprint density at radius 2 is 2.21 bits per heavy atom. The number of hydrogen-bond donors (Lipinski definition) is 1. The number of nitrogens with one attached hydrogen (secondary N) is 1. The highest BCUT2D eigenvalue weighted by Gasteiger charge is 2.11. The lowest BCUT2D eigenvalue weighted by atomic mass is 10.1. The van der Waals surface area contributed by atoms with Gasteiger partial charge in [0.05, 0.1) is 0 Å². The van der Waals surface area contributed by atoms with Gasteiger partial charge in [-0.15, -0.1) is 0 Å². The summed E-state index contributed by atoms with van der Waals surface area (Å²) in [7, 11) is 0. The molecule has 76 valence electrons. The first-order valence-electron chi connectivity index (χ1n) is 4.72. The van der Waals surface area contributed by atoms with Crippen LogP contribution < -0.4 is 5.32 Å². The summed E-state index contributed by atoms with van der Waals surface area (Å²) in [5.74, 6) is 0. The van der Waals surface area contributed by atoms with Crippen LogP contribution in [0.15, 0.2) is 24.3 Å². The van der Waals surface area contributed by atoms with Gasteiger partial charge in [-0.05, 0) is 13.8 Å². The number of hydrogen-bond acceptors (Lipinski definition) is 2. The lowest BCUT2D eigenvalue weighted by molar-refractivity contribution is -0.00177. The fourth-order valence-corrected chi connectivity index (χ4v) is 1.27. The van der Waals surface area contributed by atoms with E-state index in [0.29, 0.717) is 12.3 Å². The molecule has 4 nitrogen and oxygen atoms in total. The molecule has 1 unspecified atom stereocenters. The fourth-order valence-electron chi connectivity index (χ4n) is 1.27. The van der Waals surface area contributed by atoms with Gasteiger partial charge in [-0.1, -0.05) is 12.2 Å². The van der Waals surface area contributed by atoms with Gasteiger partial charge in [0.15, 0.2) is 0 Å². The maximum absolute atomic E-state index is 8.48. The minimum absolute atomic E-state index is 0.0203. The largest absolute Gasteiger partial charge is 0.364 e. The highest BCUT2D eigenvalue weighted by atomic mass is 16.5. The SMILES string of the molecule is CCOC(C)NC1C=CC(=[N+]=[N-])C=C1. The Bertz CT molecular complexity index is 274. The van der Waals surface area contributed by atoms with E-state index in [2.05, 4.69) is 10.1 Å². The minimum Gasteiger partial charge on any atom is -0.364 e. The standard InChI is InChI=1S/C10H15N3O/c1-3-14-8(2)12-9-4-6-10(13-11)7-5-9/h4-9,12H,3H2,1-2H3. The average Bonchev–Trinajstić information content (AvgIpc) is 2.19. The Morgan fingerprint density at radius 3 is 2.71 bits per heavy atom. The van der Waals surface area contributed by atoms with E-state index < -0.39 is 0 Å². The molecule has 0 heterocycles. The molecule has 0 spiro atoms. The van der Waals surface area contributed by atoms with Gasteiger partial charge in [0.2, 0.25) is 0 Å². The lowest BCUT2D eigenvalue weighted by Crippen LogP contribution is -2.36. The van der Waals surface area contributed by atoms with Gasteiger partial charge in [-0.2, -0.15) is 4.79 Å². The fraction of sp³-hybridized carbons (Fsp3) is 0.500. The molecule has 1 N–H and O–H groups in total. The molecule has 0 aromatic heterocycles. The summed E-state index contributed by atoms with van der Waals surface area (Å²) >= 11 is 0. The number of rotatable bonds is 4. The van der Waals surface area contributed by atoms with E-state index in [1.54, 1.807) is 12.2 Å². The van der Waals surface area contributed by atoms with Crippen LogP contribution in [0.25, 0.3) is 5.53 Å². The van der Waals surface area contributed by atoms with Crippen molar-refractivity contribution in [1.82, 2.24) is 5.32 Å². The Morgan fingerprint density at radius 1 is 1.57 bits per heavy atom. The van der Waals surface area contributed by atoms with Crippen LogP contribution in [0.3, 0.4) is 0 Å². The Balaban J connectivity index is 2.43. The molecule has 0 fully saturated rings. The molecule has 0 aromatic carbocycles. The molecule has 1 aliphatic carbocycles. The van der Waals surface area contributed by atoms with Crippen molar-refractivity contribution in [3.63, 3.8) is 0 Å². The van der Waals surface area contributed by atoms with Crippen molar-refractivity contribution in [1.29, 1.82) is 0 Å². The highest BCUT2D eigenvalue weighted by Crippen LogP contribution is 2.00. The van der Waals surface area contributed by atoms with Crippen LogP contribution >= 0.6 is 0 Å². The molecule has 1 aliphatic rings. The third kappa shape index (κ3) is 3.26. The van der Waals surface area contributed by atoms with E-state index >= 15 is 0 Å². The number of allylic oxidation sites excluding steroid dienone is 2. The quantitative estimate of drug-likeness (QED) is 0.413. The van der Waals surface area contributed by atoms with Gasteiger partial charge in [-0.25, -0.2) is 0 Å². The summed E-state index contributed by atoms with van der Waals surface area (Å²) < 4.78 is 5.34. The minimum atomic E-state index is 0.0203. The Labute approximate surface area is 83.9 Å². The maximum atomic E-state index is 8.48. The summed E-state index contributed by atoms with van der Waals surface area (Å²) in [5.41, 5.74) is 9.05. The zero-order valence-electron chi connectivity index (χ0n) is 8.47. The summed E-state index contributed by atoms with van der Waals surface area (Å²) in [6.07, 6.45) is 7.38. The van der Waals surface area contributed by atoms with Crippen LogP contribution in [0.4, 0.5) is 0 Å². The van der Waals surface area contributed by atoms with Crippen LogP contribution in [0.1, 0.15) is 13.8 Å². The zero-order chi connectivity index (χ0) is 10.4. The molecule has 0 bridgehead atoms. The monoisotopic (exact) mass is 193 g/mol. The van der Waals surface area contributed by atoms with Crippen LogP contribution in [-0.4, -0.2) is 29.4 Å². The van der Waals surface area contributed by atoms with E-state index in [0.717, 1.165) is 0 Å². The van der Waals surface area contributed by atoms with E-state index in [-0.39, 0.29) is 12.3 Å². The summed E-state index contributed by atoms with van der Waals surface area (Å²) in [4.78, 5) is 3.08. The topological polar surface area (TPSA) is 57.7 Å². The van der Waals surface area contributed by atoms with Crippen molar-refractivity contribution in [2.24, 2.45) is 0 Å². The third-order valence-electron chi connectivity index (χ3n) is 1.91. The molecule has 0 radical (unpaired) electrons. The molecule has 0 amide bonds. The summed E-state index contributed by atoms with van der Waals surface area (Å²) in [6.45, 7) is 4.61. The van der Waals surface area contributed by atoms with Crippen molar-refractivity contribution in [3.8, 4) is 0 Å². The van der Waals surface area contributed by atoms with Crippen LogP contribution in [-0.2, 0) is 4.74 Å².